The molecule has 4 nitrogen and oxygen atoms in total. The van der Waals surface area contributed by atoms with Crippen molar-refractivity contribution in [3.05, 3.63) is 29.3 Å². The van der Waals surface area contributed by atoms with Crippen LogP contribution in [0, 0.1) is 12.8 Å². The van der Waals surface area contributed by atoms with Crippen LogP contribution in [0.15, 0.2) is 18.2 Å². The molecule has 2 amide bonds. The van der Waals surface area contributed by atoms with Gasteiger partial charge in [-0.1, -0.05) is 13.0 Å². The normalized spacial score (nSPS) is 18.6. The average Bonchev–Trinajstić information content (AvgIpc) is 2.78. The van der Waals surface area contributed by atoms with Gasteiger partial charge in [-0.05, 0) is 36.6 Å². The van der Waals surface area contributed by atoms with E-state index in [1.807, 2.05) is 18.2 Å². The summed E-state index contributed by atoms with van der Waals surface area (Å²) in [5, 5.41) is 5.54. The lowest BCUT2D eigenvalue weighted by atomic mass is 10.0. The molecule has 1 unspecified atom stereocenters. The highest BCUT2D eigenvalue weighted by Crippen LogP contribution is 2.18. The maximum absolute atomic E-state index is 11.9. The topological polar surface area (TPSA) is 58.2 Å². The highest BCUT2D eigenvalue weighted by Gasteiger charge is 2.27. The number of aryl methyl sites for hydroxylation is 2. The Morgan fingerprint density at radius 1 is 1.50 bits per heavy atom. The van der Waals surface area contributed by atoms with Gasteiger partial charge >= 0.3 is 0 Å². The van der Waals surface area contributed by atoms with Crippen LogP contribution in [0.4, 0.5) is 5.69 Å². The third kappa shape index (κ3) is 2.70. The molecule has 2 N–H and O–H groups in total. The number of carbonyl (C=O) groups excluding carboxylic acids is 2. The molecule has 0 spiro atoms. The van der Waals surface area contributed by atoms with Gasteiger partial charge in [0.2, 0.25) is 11.8 Å². The first-order valence-electron chi connectivity index (χ1n) is 6.27. The summed E-state index contributed by atoms with van der Waals surface area (Å²) in [7, 11) is 0. The van der Waals surface area contributed by atoms with E-state index in [0.29, 0.717) is 13.0 Å². The van der Waals surface area contributed by atoms with Gasteiger partial charge in [0.05, 0.1) is 5.92 Å². The van der Waals surface area contributed by atoms with Crippen molar-refractivity contribution in [2.24, 2.45) is 5.92 Å². The number of benzene rings is 1. The molecular formula is C14H18N2O2. The van der Waals surface area contributed by atoms with Crippen molar-refractivity contribution >= 4 is 17.5 Å². The second kappa shape index (κ2) is 5.21. The summed E-state index contributed by atoms with van der Waals surface area (Å²) < 4.78 is 0. The molecule has 0 radical (unpaired) electrons. The lowest BCUT2D eigenvalue weighted by Gasteiger charge is -2.11. The highest BCUT2D eigenvalue weighted by molar-refractivity contribution is 5.97. The van der Waals surface area contributed by atoms with Crippen LogP contribution < -0.4 is 10.6 Å². The minimum Gasteiger partial charge on any atom is -0.355 e. The molecule has 1 saturated heterocycles. The Balaban J connectivity index is 2.05. The third-order valence-electron chi connectivity index (χ3n) is 3.35. The zero-order valence-electron chi connectivity index (χ0n) is 10.7. The molecule has 1 atom stereocenters. The van der Waals surface area contributed by atoms with Gasteiger partial charge in [-0.25, -0.2) is 0 Å². The lowest BCUT2D eigenvalue weighted by Crippen LogP contribution is -2.24. The zero-order chi connectivity index (χ0) is 13.1. The molecule has 1 aromatic rings. The standard InChI is InChI=1S/C14H18N2O2/c1-3-10-6-12(5-4-9(10)2)16-14(18)11-7-13(17)15-8-11/h4-6,11H,3,7-8H2,1-2H3,(H,15,17)(H,16,18). The lowest BCUT2D eigenvalue weighted by molar-refractivity contribution is -0.123. The van der Waals surface area contributed by atoms with Gasteiger partial charge in [-0.2, -0.15) is 0 Å². The summed E-state index contributed by atoms with van der Waals surface area (Å²) in [5.74, 6) is -0.378. The van der Waals surface area contributed by atoms with E-state index in [0.717, 1.165) is 12.1 Å². The number of amides is 2. The molecule has 1 aliphatic rings. The van der Waals surface area contributed by atoms with Gasteiger partial charge < -0.3 is 10.6 Å². The molecule has 1 fully saturated rings. The fourth-order valence-corrected chi connectivity index (χ4v) is 2.17. The van der Waals surface area contributed by atoms with Gasteiger partial charge in [0, 0.05) is 18.7 Å². The Hall–Kier alpha value is -1.84. The SMILES string of the molecule is CCc1cc(NC(=O)C2CNC(=O)C2)ccc1C. The van der Waals surface area contributed by atoms with Crippen LogP contribution in [0.25, 0.3) is 0 Å². The Labute approximate surface area is 107 Å². The van der Waals surface area contributed by atoms with E-state index in [9.17, 15) is 9.59 Å². The van der Waals surface area contributed by atoms with Crippen molar-refractivity contribution < 1.29 is 9.59 Å². The summed E-state index contributed by atoms with van der Waals surface area (Å²) in [6, 6.07) is 5.90. The van der Waals surface area contributed by atoms with Crippen LogP contribution in [0.5, 0.6) is 0 Å². The average molecular weight is 246 g/mol. The van der Waals surface area contributed by atoms with Crippen LogP contribution in [-0.2, 0) is 16.0 Å². The second-order valence-corrected chi connectivity index (χ2v) is 4.69. The molecule has 4 heteroatoms. The molecule has 2 rings (SSSR count). The fourth-order valence-electron chi connectivity index (χ4n) is 2.17. The first kappa shape index (κ1) is 12.6. The number of rotatable bonds is 3. The van der Waals surface area contributed by atoms with Crippen LogP contribution >= 0.6 is 0 Å². The molecule has 1 aliphatic heterocycles. The third-order valence-corrected chi connectivity index (χ3v) is 3.35. The number of hydrogen-bond donors (Lipinski definition) is 2. The maximum Gasteiger partial charge on any atom is 0.229 e. The molecule has 0 aromatic heterocycles. The smallest absolute Gasteiger partial charge is 0.229 e. The predicted molar refractivity (Wildman–Crippen MR) is 70.3 cm³/mol. The number of carbonyl (C=O) groups is 2. The summed E-state index contributed by atoms with van der Waals surface area (Å²) in [4.78, 5) is 23.0. The number of nitrogens with one attached hydrogen (secondary N) is 2. The summed E-state index contributed by atoms with van der Waals surface area (Å²) in [6.07, 6.45) is 1.23. The van der Waals surface area contributed by atoms with E-state index in [1.54, 1.807) is 0 Å². The summed E-state index contributed by atoms with van der Waals surface area (Å²) in [5.41, 5.74) is 3.27. The highest BCUT2D eigenvalue weighted by atomic mass is 16.2. The Bertz CT molecular complexity index is 483. The number of hydrogen-bond acceptors (Lipinski definition) is 2. The Kier molecular flexibility index (Phi) is 3.65. The fraction of sp³-hybridized carbons (Fsp3) is 0.429. The minimum absolute atomic E-state index is 0.0479. The predicted octanol–water partition coefficient (Wildman–Crippen LogP) is 1.63. The van der Waals surface area contributed by atoms with Crippen LogP contribution in [0.1, 0.15) is 24.5 Å². The molecule has 1 heterocycles. The van der Waals surface area contributed by atoms with Crippen LogP contribution in [0.3, 0.4) is 0 Å². The van der Waals surface area contributed by atoms with Gasteiger partial charge in [0.15, 0.2) is 0 Å². The quantitative estimate of drug-likeness (QED) is 0.851. The van der Waals surface area contributed by atoms with Gasteiger partial charge in [0.1, 0.15) is 0 Å². The van der Waals surface area contributed by atoms with Crippen molar-refractivity contribution in [1.82, 2.24) is 5.32 Å². The van der Waals surface area contributed by atoms with E-state index >= 15 is 0 Å². The van der Waals surface area contributed by atoms with E-state index < -0.39 is 0 Å². The van der Waals surface area contributed by atoms with E-state index in [4.69, 9.17) is 0 Å². The van der Waals surface area contributed by atoms with Gasteiger partial charge in [0.25, 0.3) is 0 Å². The van der Waals surface area contributed by atoms with E-state index in [1.165, 1.54) is 11.1 Å². The molecular weight excluding hydrogens is 228 g/mol. The van der Waals surface area contributed by atoms with Crippen LogP contribution in [-0.4, -0.2) is 18.4 Å². The van der Waals surface area contributed by atoms with E-state index in [-0.39, 0.29) is 17.7 Å². The molecule has 0 aliphatic carbocycles. The van der Waals surface area contributed by atoms with Gasteiger partial charge in [-0.15, -0.1) is 0 Å². The van der Waals surface area contributed by atoms with Crippen molar-refractivity contribution in [3.8, 4) is 0 Å². The zero-order valence-corrected chi connectivity index (χ0v) is 10.7. The Morgan fingerprint density at radius 3 is 2.89 bits per heavy atom. The molecule has 0 bridgehead atoms. The molecule has 1 aromatic carbocycles. The first-order valence-corrected chi connectivity index (χ1v) is 6.27. The minimum atomic E-state index is -0.246. The Morgan fingerprint density at radius 2 is 2.28 bits per heavy atom. The van der Waals surface area contributed by atoms with Crippen molar-refractivity contribution in [3.63, 3.8) is 0 Å². The van der Waals surface area contributed by atoms with Gasteiger partial charge in [-0.3, -0.25) is 9.59 Å². The van der Waals surface area contributed by atoms with Crippen molar-refractivity contribution in [2.45, 2.75) is 26.7 Å². The van der Waals surface area contributed by atoms with Crippen molar-refractivity contribution in [2.75, 3.05) is 11.9 Å². The maximum atomic E-state index is 11.9. The van der Waals surface area contributed by atoms with Crippen molar-refractivity contribution in [1.29, 1.82) is 0 Å². The largest absolute Gasteiger partial charge is 0.355 e. The second-order valence-electron chi connectivity index (χ2n) is 4.69. The molecule has 18 heavy (non-hydrogen) atoms. The first-order chi connectivity index (χ1) is 8.60. The molecule has 0 saturated carbocycles. The monoisotopic (exact) mass is 246 g/mol. The summed E-state index contributed by atoms with van der Waals surface area (Å²) >= 11 is 0. The summed E-state index contributed by atoms with van der Waals surface area (Å²) in [6.45, 7) is 4.59. The molecule has 96 valence electrons. The van der Waals surface area contributed by atoms with E-state index in [2.05, 4.69) is 24.5 Å². The van der Waals surface area contributed by atoms with Crippen LogP contribution in [0.2, 0.25) is 0 Å². The number of anilines is 1.